The molecule has 0 aromatic carbocycles. The average Bonchev–Trinajstić information content (AvgIpc) is 2.55. The fraction of sp³-hybridized carbons (Fsp3) is 0.300. The van der Waals surface area contributed by atoms with E-state index in [1.54, 1.807) is 11.3 Å². The lowest BCUT2D eigenvalue weighted by atomic mass is 10.2. The zero-order valence-corrected chi connectivity index (χ0v) is 8.30. The smallest absolute Gasteiger partial charge is 0.303 e. The molecule has 3 heteroatoms. The maximum Gasteiger partial charge on any atom is 0.303 e. The summed E-state index contributed by atoms with van der Waals surface area (Å²) in [5.74, 6) is -0.741. The van der Waals surface area contributed by atoms with Crippen molar-refractivity contribution in [3.63, 3.8) is 0 Å². The molecule has 0 unspecified atom stereocenters. The quantitative estimate of drug-likeness (QED) is 0.803. The first kappa shape index (κ1) is 9.99. The number of aliphatic carboxylic acids is 1. The summed E-state index contributed by atoms with van der Waals surface area (Å²) in [4.78, 5) is 11.5. The summed E-state index contributed by atoms with van der Waals surface area (Å²) in [5.41, 5.74) is 1.16. The van der Waals surface area contributed by atoms with Gasteiger partial charge >= 0.3 is 5.97 Å². The van der Waals surface area contributed by atoms with Crippen molar-refractivity contribution in [2.24, 2.45) is 0 Å². The third-order valence-electron chi connectivity index (χ3n) is 1.72. The molecular weight excluding hydrogens is 184 g/mol. The Morgan fingerprint density at radius 1 is 1.69 bits per heavy atom. The lowest BCUT2D eigenvalue weighted by molar-refractivity contribution is -0.136. The van der Waals surface area contributed by atoms with Crippen LogP contribution in [0, 0.1) is 0 Å². The van der Waals surface area contributed by atoms with E-state index in [1.165, 1.54) is 4.88 Å². The minimum absolute atomic E-state index is 0.211. The molecule has 0 bridgehead atoms. The summed E-state index contributed by atoms with van der Waals surface area (Å²) in [7, 11) is 0. The monoisotopic (exact) mass is 196 g/mol. The first-order valence-corrected chi connectivity index (χ1v) is 5.00. The van der Waals surface area contributed by atoms with Crippen LogP contribution < -0.4 is 0 Å². The zero-order chi connectivity index (χ0) is 9.68. The Morgan fingerprint density at radius 2 is 2.46 bits per heavy atom. The van der Waals surface area contributed by atoms with Gasteiger partial charge in [0.05, 0.1) is 0 Å². The van der Waals surface area contributed by atoms with Crippen LogP contribution in [0.25, 0.3) is 5.57 Å². The number of hydrogen-bond donors (Lipinski definition) is 1. The van der Waals surface area contributed by atoms with Gasteiger partial charge in [0.2, 0.25) is 0 Å². The Balaban J connectivity index is 2.48. The largest absolute Gasteiger partial charge is 0.481 e. The van der Waals surface area contributed by atoms with Gasteiger partial charge in [0.15, 0.2) is 0 Å². The normalized spacial score (nSPS) is 11.6. The number of carbonyl (C=O) groups is 1. The van der Waals surface area contributed by atoms with E-state index >= 15 is 0 Å². The predicted octanol–water partition coefficient (Wildman–Crippen LogP) is 3.02. The summed E-state index contributed by atoms with van der Waals surface area (Å²) in [5, 5.41) is 10.4. The van der Waals surface area contributed by atoms with Crippen LogP contribution in [0.3, 0.4) is 0 Å². The molecule has 1 rings (SSSR count). The van der Waals surface area contributed by atoms with Gasteiger partial charge < -0.3 is 5.11 Å². The van der Waals surface area contributed by atoms with Gasteiger partial charge in [0.1, 0.15) is 0 Å². The van der Waals surface area contributed by atoms with E-state index in [0.717, 1.165) is 5.57 Å². The van der Waals surface area contributed by atoms with Gasteiger partial charge in [-0.2, -0.15) is 0 Å². The highest BCUT2D eigenvalue weighted by Crippen LogP contribution is 2.19. The Kier molecular flexibility index (Phi) is 3.71. The molecule has 1 heterocycles. The number of allylic oxidation sites excluding steroid dienone is 2. The van der Waals surface area contributed by atoms with Crippen molar-refractivity contribution in [1.82, 2.24) is 0 Å². The molecule has 2 nitrogen and oxygen atoms in total. The summed E-state index contributed by atoms with van der Waals surface area (Å²) in [6.07, 6.45) is 2.79. The highest BCUT2D eigenvalue weighted by molar-refractivity contribution is 7.11. The van der Waals surface area contributed by atoms with E-state index in [1.807, 2.05) is 30.5 Å². The van der Waals surface area contributed by atoms with Crippen molar-refractivity contribution in [3.8, 4) is 0 Å². The lowest BCUT2D eigenvalue weighted by Gasteiger charge is -1.95. The SMILES string of the molecule is C/C(=C\CCC(=O)O)c1cccs1. The molecule has 1 aromatic heterocycles. The molecular formula is C10H12O2S. The minimum atomic E-state index is -0.741. The number of carboxylic acid groups (broad SMARTS) is 1. The molecule has 70 valence electrons. The van der Waals surface area contributed by atoms with Crippen LogP contribution in [0.1, 0.15) is 24.6 Å². The Hall–Kier alpha value is -1.09. The van der Waals surface area contributed by atoms with Gasteiger partial charge in [-0.1, -0.05) is 12.1 Å². The Labute approximate surface area is 81.5 Å². The van der Waals surface area contributed by atoms with Crippen LogP contribution in [-0.2, 0) is 4.79 Å². The van der Waals surface area contributed by atoms with Crippen LogP contribution in [0.2, 0.25) is 0 Å². The molecule has 0 saturated heterocycles. The van der Waals surface area contributed by atoms with Crippen LogP contribution >= 0.6 is 11.3 Å². The number of thiophene rings is 1. The summed E-state index contributed by atoms with van der Waals surface area (Å²) in [6, 6.07) is 4.03. The molecule has 0 aliphatic heterocycles. The molecule has 0 saturated carbocycles. The van der Waals surface area contributed by atoms with Gasteiger partial charge in [-0.05, 0) is 30.4 Å². The van der Waals surface area contributed by atoms with Gasteiger partial charge in [0.25, 0.3) is 0 Å². The number of hydrogen-bond acceptors (Lipinski definition) is 2. The first-order chi connectivity index (χ1) is 6.20. The zero-order valence-electron chi connectivity index (χ0n) is 7.49. The molecule has 1 N–H and O–H groups in total. The molecule has 0 spiro atoms. The number of rotatable bonds is 4. The third kappa shape index (κ3) is 3.42. The fourth-order valence-electron chi connectivity index (χ4n) is 1.02. The van der Waals surface area contributed by atoms with E-state index in [0.29, 0.717) is 6.42 Å². The number of carboxylic acids is 1. The van der Waals surface area contributed by atoms with E-state index < -0.39 is 5.97 Å². The standard InChI is InChI=1S/C10H12O2S/c1-8(4-2-6-10(11)12)9-5-3-7-13-9/h3-5,7H,2,6H2,1H3,(H,11,12)/b8-4+. The second-order valence-corrected chi connectivity index (χ2v) is 3.74. The maximum absolute atomic E-state index is 10.2. The molecule has 1 aromatic rings. The van der Waals surface area contributed by atoms with Crippen LogP contribution in [-0.4, -0.2) is 11.1 Å². The van der Waals surface area contributed by atoms with Crippen molar-refractivity contribution < 1.29 is 9.90 Å². The topological polar surface area (TPSA) is 37.3 Å². The second-order valence-electron chi connectivity index (χ2n) is 2.80. The van der Waals surface area contributed by atoms with Crippen molar-refractivity contribution in [1.29, 1.82) is 0 Å². The van der Waals surface area contributed by atoms with Crippen LogP contribution in [0.15, 0.2) is 23.6 Å². The van der Waals surface area contributed by atoms with Crippen LogP contribution in [0.5, 0.6) is 0 Å². The Bertz CT molecular complexity index is 299. The summed E-state index contributed by atoms with van der Waals surface area (Å²) >= 11 is 1.67. The van der Waals surface area contributed by atoms with Gasteiger partial charge in [-0.25, -0.2) is 0 Å². The first-order valence-electron chi connectivity index (χ1n) is 4.12. The van der Waals surface area contributed by atoms with Crippen molar-refractivity contribution in [2.45, 2.75) is 19.8 Å². The Morgan fingerprint density at radius 3 is 3.00 bits per heavy atom. The molecule has 0 aliphatic carbocycles. The van der Waals surface area contributed by atoms with Crippen molar-refractivity contribution in [3.05, 3.63) is 28.5 Å². The van der Waals surface area contributed by atoms with Gasteiger partial charge in [-0.3, -0.25) is 4.79 Å². The highest BCUT2D eigenvalue weighted by Gasteiger charge is 1.97. The maximum atomic E-state index is 10.2. The minimum Gasteiger partial charge on any atom is -0.481 e. The van der Waals surface area contributed by atoms with E-state index in [2.05, 4.69) is 0 Å². The average molecular weight is 196 g/mol. The molecule has 0 aliphatic rings. The fourth-order valence-corrected chi connectivity index (χ4v) is 1.75. The van der Waals surface area contributed by atoms with Crippen molar-refractivity contribution >= 4 is 22.9 Å². The van der Waals surface area contributed by atoms with Crippen molar-refractivity contribution in [2.75, 3.05) is 0 Å². The lowest BCUT2D eigenvalue weighted by Crippen LogP contribution is -1.91. The predicted molar refractivity (Wildman–Crippen MR) is 54.8 cm³/mol. The highest BCUT2D eigenvalue weighted by atomic mass is 32.1. The molecule has 0 fully saturated rings. The van der Waals surface area contributed by atoms with Gasteiger partial charge in [-0.15, -0.1) is 11.3 Å². The third-order valence-corrected chi connectivity index (χ3v) is 2.72. The summed E-state index contributed by atoms with van der Waals surface area (Å²) in [6.45, 7) is 2.01. The second kappa shape index (κ2) is 4.82. The van der Waals surface area contributed by atoms with E-state index in [4.69, 9.17) is 5.11 Å². The molecule has 0 amide bonds. The van der Waals surface area contributed by atoms with Gasteiger partial charge in [0, 0.05) is 11.3 Å². The molecule has 0 atom stereocenters. The molecule has 0 radical (unpaired) electrons. The van der Waals surface area contributed by atoms with E-state index in [-0.39, 0.29) is 6.42 Å². The summed E-state index contributed by atoms with van der Waals surface area (Å²) < 4.78 is 0. The van der Waals surface area contributed by atoms with Crippen LogP contribution in [0.4, 0.5) is 0 Å². The van der Waals surface area contributed by atoms with E-state index in [9.17, 15) is 4.79 Å². The molecule has 13 heavy (non-hydrogen) atoms.